The number of hydrogen-bond donors (Lipinski definition) is 1. The van der Waals surface area contributed by atoms with Crippen molar-refractivity contribution in [2.75, 3.05) is 36.5 Å². The van der Waals surface area contributed by atoms with Gasteiger partial charge in [0.1, 0.15) is 0 Å². The van der Waals surface area contributed by atoms with Crippen molar-refractivity contribution in [2.45, 2.75) is 31.7 Å². The summed E-state index contributed by atoms with van der Waals surface area (Å²) < 4.78 is 7.99. The normalized spacial score (nSPS) is 17.9. The fourth-order valence-electron chi connectivity index (χ4n) is 4.97. The number of rotatable bonds is 4. The largest absolute Gasteiger partial charge is 0.381 e. The van der Waals surface area contributed by atoms with Gasteiger partial charge in [-0.2, -0.15) is 0 Å². The van der Waals surface area contributed by atoms with Crippen LogP contribution in [0.25, 0.3) is 22.2 Å². The summed E-state index contributed by atoms with van der Waals surface area (Å²) in [4.78, 5) is 2.46. The standard InChI is InChI=1S/C24H28ClN3O/c1-27-22(17-7-3-2-4-8-17)24(28-11-13-29-14-12-28)20-15-18(25)16-21(23(20)27)26-19-9-5-6-10-19/h2-4,7-8,15-16,19,26H,5-6,9-14H2,1H3. The predicted octanol–water partition coefficient (Wildman–Crippen LogP) is 5.69. The zero-order valence-electron chi connectivity index (χ0n) is 17.0. The van der Waals surface area contributed by atoms with Gasteiger partial charge in [0.25, 0.3) is 0 Å². The molecule has 152 valence electrons. The van der Waals surface area contributed by atoms with Crippen LogP contribution < -0.4 is 10.2 Å². The molecule has 2 aliphatic rings. The van der Waals surface area contributed by atoms with Crippen LogP contribution in [0.5, 0.6) is 0 Å². The average molecular weight is 410 g/mol. The van der Waals surface area contributed by atoms with E-state index in [2.05, 4.69) is 64.3 Å². The summed E-state index contributed by atoms with van der Waals surface area (Å²) in [7, 11) is 2.18. The number of aryl methyl sites for hydroxylation is 1. The molecule has 5 heteroatoms. The maximum atomic E-state index is 6.64. The van der Waals surface area contributed by atoms with Crippen LogP contribution in [0.3, 0.4) is 0 Å². The summed E-state index contributed by atoms with van der Waals surface area (Å²) in [5.41, 5.74) is 6.14. The number of nitrogens with one attached hydrogen (secondary N) is 1. The molecule has 1 aromatic heterocycles. The Bertz CT molecular complexity index is 1000. The van der Waals surface area contributed by atoms with E-state index in [4.69, 9.17) is 16.3 Å². The first-order valence-corrected chi connectivity index (χ1v) is 11.1. The van der Waals surface area contributed by atoms with Crippen molar-refractivity contribution in [3.63, 3.8) is 0 Å². The average Bonchev–Trinajstić information content (AvgIpc) is 3.35. The van der Waals surface area contributed by atoms with E-state index in [-0.39, 0.29) is 0 Å². The summed E-state index contributed by atoms with van der Waals surface area (Å²) >= 11 is 6.64. The van der Waals surface area contributed by atoms with Gasteiger partial charge in [-0.15, -0.1) is 0 Å². The minimum atomic E-state index is 0.540. The zero-order chi connectivity index (χ0) is 19.8. The molecule has 2 aromatic carbocycles. The number of aromatic nitrogens is 1. The fourth-order valence-corrected chi connectivity index (χ4v) is 5.19. The van der Waals surface area contributed by atoms with Gasteiger partial charge in [0.2, 0.25) is 0 Å². The Kier molecular flexibility index (Phi) is 5.15. The second-order valence-corrected chi connectivity index (χ2v) is 8.63. The SMILES string of the molecule is Cn1c(-c2ccccc2)c(N2CCOCC2)c2cc(Cl)cc(NC3CCCC3)c21. The molecule has 0 radical (unpaired) electrons. The number of morpholine rings is 1. The highest BCUT2D eigenvalue weighted by Gasteiger charge is 2.26. The van der Waals surface area contributed by atoms with Crippen LogP contribution in [0.15, 0.2) is 42.5 Å². The third-order valence-electron chi connectivity index (χ3n) is 6.31. The van der Waals surface area contributed by atoms with E-state index in [0.29, 0.717) is 6.04 Å². The molecular formula is C24H28ClN3O. The van der Waals surface area contributed by atoms with Gasteiger partial charge in [-0.05, 0) is 25.0 Å². The number of halogens is 1. The number of nitrogens with zero attached hydrogens (tertiary/aromatic N) is 2. The van der Waals surface area contributed by atoms with Crippen molar-refractivity contribution in [3.8, 4) is 11.3 Å². The Labute approximate surface area is 177 Å². The van der Waals surface area contributed by atoms with Crippen LogP contribution in [0.2, 0.25) is 5.02 Å². The summed E-state index contributed by atoms with van der Waals surface area (Å²) in [5.74, 6) is 0. The van der Waals surface area contributed by atoms with Crippen LogP contribution in [0.1, 0.15) is 25.7 Å². The molecule has 1 saturated heterocycles. The van der Waals surface area contributed by atoms with Gasteiger partial charge in [-0.25, -0.2) is 0 Å². The molecule has 1 aliphatic carbocycles. The highest BCUT2D eigenvalue weighted by molar-refractivity contribution is 6.32. The lowest BCUT2D eigenvalue weighted by Crippen LogP contribution is -2.36. The molecule has 29 heavy (non-hydrogen) atoms. The van der Waals surface area contributed by atoms with Crippen molar-refractivity contribution in [3.05, 3.63) is 47.5 Å². The highest BCUT2D eigenvalue weighted by atomic mass is 35.5. The minimum Gasteiger partial charge on any atom is -0.381 e. The molecule has 0 spiro atoms. The van der Waals surface area contributed by atoms with Gasteiger partial charge in [0.05, 0.1) is 35.8 Å². The van der Waals surface area contributed by atoms with Crippen LogP contribution in [-0.4, -0.2) is 36.9 Å². The third kappa shape index (κ3) is 3.49. The number of fused-ring (bicyclic) bond motifs is 1. The lowest BCUT2D eigenvalue weighted by molar-refractivity contribution is 0.123. The van der Waals surface area contributed by atoms with E-state index in [0.717, 1.165) is 37.0 Å². The van der Waals surface area contributed by atoms with Crippen LogP contribution in [-0.2, 0) is 11.8 Å². The fraction of sp³-hybridized carbons (Fsp3) is 0.417. The molecule has 1 aliphatic heterocycles. The third-order valence-corrected chi connectivity index (χ3v) is 6.53. The molecule has 2 heterocycles. The van der Waals surface area contributed by atoms with Gasteiger partial charge in [-0.3, -0.25) is 0 Å². The zero-order valence-corrected chi connectivity index (χ0v) is 17.7. The van der Waals surface area contributed by atoms with E-state index >= 15 is 0 Å². The summed E-state index contributed by atoms with van der Waals surface area (Å²) in [5, 5.41) is 5.82. The lowest BCUT2D eigenvalue weighted by atomic mass is 10.1. The van der Waals surface area contributed by atoms with Crippen LogP contribution in [0, 0.1) is 0 Å². The Morgan fingerprint density at radius 3 is 2.48 bits per heavy atom. The van der Waals surface area contributed by atoms with Gasteiger partial charge < -0.3 is 19.5 Å². The molecular weight excluding hydrogens is 382 g/mol. The summed E-state index contributed by atoms with van der Waals surface area (Å²) in [6.45, 7) is 3.32. The molecule has 0 bridgehead atoms. The second kappa shape index (κ2) is 7.92. The Balaban J connectivity index is 1.74. The summed E-state index contributed by atoms with van der Waals surface area (Å²) in [6.07, 6.45) is 5.09. The number of anilines is 2. The van der Waals surface area contributed by atoms with Gasteiger partial charge in [0.15, 0.2) is 0 Å². The predicted molar refractivity (Wildman–Crippen MR) is 122 cm³/mol. The first-order valence-electron chi connectivity index (χ1n) is 10.7. The first-order chi connectivity index (χ1) is 14.2. The molecule has 4 nitrogen and oxygen atoms in total. The van der Waals surface area contributed by atoms with Gasteiger partial charge in [0, 0.05) is 42.2 Å². The number of ether oxygens (including phenoxy) is 1. The topological polar surface area (TPSA) is 29.4 Å². The monoisotopic (exact) mass is 409 g/mol. The Morgan fingerprint density at radius 1 is 1.03 bits per heavy atom. The summed E-state index contributed by atoms with van der Waals surface area (Å²) in [6, 6.07) is 15.5. The van der Waals surface area contributed by atoms with Crippen molar-refractivity contribution >= 4 is 33.9 Å². The van der Waals surface area contributed by atoms with Crippen molar-refractivity contribution in [1.82, 2.24) is 4.57 Å². The van der Waals surface area contributed by atoms with Crippen molar-refractivity contribution in [1.29, 1.82) is 0 Å². The molecule has 3 aromatic rings. The van der Waals surface area contributed by atoms with E-state index < -0.39 is 0 Å². The van der Waals surface area contributed by atoms with Gasteiger partial charge in [-0.1, -0.05) is 54.8 Å². The molecule has 5 rings (SSSR count). The molecule has 0 atom stereocenters. The molecule has 0 unspecified atom stereocenters. The van der Waals surface area contributed by atoms with E-state index in [1.54, 1.807) is 0 Å². The molecule has 2 fully saturated rings. The molecule has 0 amide bonds. The van der Waals surface area contributed by atoms with Crippen molar-refractivity contribution in [2.24, 2.45) is 7.05 Å². The van der Waals surface area contributed by atoms with E-state index in [1.807, 2.05) is 0 Å². The lowest BCUT2D eigenvalue weighted by Gasteiger charge is -2.30. The van der Waals surface area contributed by atoms with E-state index in [9.17, 15) is 0 Å². The number of hydrogen-bond acceptors (Lipinski definition) is 3. The maximum absolute atomic E-state index is 6.64. The van der Waals surface area contributed by atoms with Crippen LogP contribution in [0.4, 0.5) is 11.4 Å². The quantitative estimate of drug-likeness (QED) is 0.600. The van der Waals surface area contributed by atoms with E-state index in [1.165, 1.54) is 53.5 Å². The Morgan fingerprint density at radius 2 is 1.76 bits per heavy atom. The molecule has 1 N–H and O–H groups in total. The first kappa shape index (κ1) is 18.8. The molecule has 1 saturated carbocycles. The number of benzene rings is 2. The minimum absolute atomic E-state index is 0.540. The maximum Gasteiger partial charge on any atom is 0.0741 e. The van der Waals surface area contributed by atoms with Crippen LogP contribution >= 0.6 is 11.6 Å². The van der Waals surface area contributed by atoms with Crippen molar-refractivity contribution < 1.29 is 4.74 Å². The second-order valence-electron chi connectivity index (χ2n) is 8.20. The van der Waals surface area contributed by atoms with Gasteiger partial charge >= 0.3 is 0 Å². The highest BCUT2D eigenvalue weighted by Crippen LogP contribution is 2.44. The smallest absolute Gasteiger partial charge is 0.0741 e. The Hall–Kier alpha value is -2.17.